The van der Waals surface area contributed by atoms with Crippen LogP contribution >= 0.6 is 0 Å². The third-order valence-corrected chi connectivity index (χ3v) is 5.68. The van der Waals surface area contributed by atoms with Crippen LogP contribution in [0.3, 0.4) is 0 Å². The first kappa shape index (κ1) is 20.0. The van der Waals surface area contributed by atoms with Gasteiger partial charge in [0.05, 0.1) is 6.54 Å². The van der Waals surface area contributed by atoms with Crippen molar-refractivity contribution < 1.29 is 22.0 Å². The minimum Gasteiger partial charge on any atom is -0.312 e. The predicted molar refractivity (Wildman–Crippen MR) is 101 cm³/mol. The van der Waals surface area contributed by atoms with Crippen LogP contribution in [-0.2, 0) is 14.8 Å². The van der Waals surface area contributed by atoms with Gasteiger partial charge in [-0.2, -0.15) is 4.72 Å². The number of carbonyl (C=O) groups excluding carboxylic acids is 1. The van der Waals surface area contributed by atoms with E-state index in [9.17, 15) is 22.0 Å². The lowest BCUT2D eigenvalue weighted by atomic mass is 10.1. The molecule has 1 aliphatic rings. The summed E-state index contributed by atoms with van der Waals surface area (Å²) in [5.74, 6) is 3.64. The zero-order valence-electron chi connectivity index (χ0n) is 14.9. The van der Waals surface area contributed by atoms with Gasteiger partial charge >= 0.3 is 0 Å². The molecule has 1 saturated heterocycles. The van der Waals surface area contributed by atoms with Crippen LogP contribution in [0.15, 0.2) is 47.4 Å². The molecule has 28 heavy (non-hydrogen) atoms. The number of halogens is 2. The van der Waals surface area contributed by atoms with Crippen LogP contribution in [0.5, 0.6) is 0 Å². The first-order chi connectivity index (χ1) is 13.4. The van der Waals surface area contributed by atoms with Crippen molar-refractivity contribution in [1.82, 2.24) is 4.72 Å². The molecule has 0 saturated carbocycles. The molecule has 0 aliphatic carbocycles. The van der Waals surface area contributed by atoms with Gasteiger partial charge in [0.25, 0.3) is 0 Å². The average Bonchev–Trinajstić information content (AvgIpc) is 2.68. The molecule has 0 unspecified atom stereocenters. The van der Waals surface area contributed by atoms with Crippen LogP contribution in [0.25, 0.3) is 0 Å². The molecular formula is C20H18F2N2O3S. The maximum absolute atomic E-state index is 13.6. The molecule has 1 N–H and O–H groups in total. The molecule has 0 aromatic heterocycles. The number of hydrogen-bond acceptors (Lipinski definition) is 3. The van der Waals surface area contributed by atoms with Crippen molar-refractivity contribution in [3.63, 3.8) is 0 Å². The molecule has 2 aromatic carbocycles. The van der Waals surface area contributed by atoms with Crippen molar-refractivity contribution in [3.8, 4) is 11.8 Å². The Hall–Kier alpha value is -2.76. The van der Waals surface area contributed by atoms with Crippen molar-refractivity contribution in [2.45, 2.75) is 24.2 Å². The third-order valence-electron chi connectivity index (χ3n) is 4.27. The molecule has 1 heterocycles. The fraction of sp³-hybridized carbons (Fsp3) is 0.250. The van der Waals surface area contributed by atoms with E-state index in [0.29, 0.717) is 24.6 Å². The Kier molecular flexibility index (Phi) is 6.07. The second-order valence-electron chi connectivity index (χ2n) is 6.25. The molecule has 2 aromatic rings. The summed E-state index contributed by atoms with van der Waals surface area (Å²) in [6.07, 6.45) is 2.43. The van der Waals surface area contributed by atoms with Crippen LogP contribution < -0.4 is 9.62 Å². The largest absolute Gasteiger partial charge is 0.312 e. The van der Waals surface area contributed by atoms with E-state index in [1.807, 2.05) is 0 Å². The minimum atomic E-state index is -4.21. The zero-order chi connectivity index (χ0) is 20.1. The number of hydrogen-bond donors (Lipinski definition) is 1. The lowest BCUT2D eigenvalue weighted by Crippen LogP contribution is -2.35. The summed E-state index contributed by atoms with van der Waals surface area (Å²) in [7, 11) is -4.21. The molecule has 1 amide bonds. The fourth-order valence-electron chi connectivity index (χ4n) is 2.84. The van der Waals surface area contributed by atoms with Crippen molar-refractivity contribution in [2.75, 3.05) is 18.0 Å². The van der Waals surface area contributed by atoms with E-state index < -0.39 is 26.6 Å². The SMILES string of the molecule is O=C1CCCCN1c1ccc(C#CCNS(=O)(=O)c2cc(F)ccc2F)cc1. The Labute approximate surface area is 162 Å². The molecule has 0 spiro atoms. The number of carbonyl (C=O) groups is 1. The number of anilines is 1. The monoisotopic (exact) mass is 404 g/mol. The molecule has 1 aliphatic heterocycles. The number of benzene rings is 2. The Morgan fingerprint density at radius 1 is 1.07 bits per heavy atom. The number of sulfonamides is 1. The second-order valence-corrected chi connectivity index (χ2v) is 7.99. The number of amides is 1. The van der Waals surface area contributed by atoms with Crippen LogP contribution in [0.4, 0.5) is 14.5 Å². The van der Waals surface area contributed by atoms with Crippen molar-refractivity contribution in [2.24, 2.45) is 0 Å². The summed E-state index contributed by atoms with van der Waals surface area (Å²) in [5, 5.41) is 0. The number of nitrogens with one attached hydrogen (secondary N) is 1. The van der Waals surface area contributed by atoms with E-state index in [4.69, 9.17) is 0 Å². The zero-order valence-corrected chi connectivity index (χ0v) is 15.7. The quantitative estimate of drug-likeness (QED) is 0.797. The smallest absolute Gasteiger partial charge is 0.244 e. The summed E-state index contributed by atoms with van der Waals surface area (Å²) >= 11 is 0. The van der Waals surface area contributed by atoms with Gasteiger partial charge in [0, 0.05) is 24.2 Å². The average molecular weight is 404 g/mol. The van der Waals surface area contributed by atoms with E-state index >= 15 is 0 Å². The highest BCUT2D eigenvalue weighted by Gasteiger charge is 2.20. The molecular weight excluding hydrogens is 386 g/mol. The Morgan fingerprint density at radius 3 is 2.54 bits per heavy atom. The van der Waals surface area contributed by atoms with E-state index in [2.05, 4.69) is 16.6 Å². The molecule has 5 nitrogen and oxygen atoms in total. The highest BCUT2D eigenvalue weighted by atomic mass is 32.2. The van der Waals surface area contributed by atoms with Gasteiger partial charge in [-0.05, 0) is 55.3 Å². The van der Waals surface area contributed by atoms with Gasteiger partial charge < -0.3 is 4.90 Å². The molecule has 146 valence electrons. The maximum atomic E-state index is 13.6. The first-order valence-corrected chi connectivity index (χ1v) is 10.2. The number of nitrogens with zero attached hydrogens (tertiary/aromatic N) is 1. The highest BCUT2D eigenvalue weighted by Crippen LogP contribution is 2.21. The lowest BCUT2D eigenvalue weighted by Gasteiger charge is -2.26. The van der Waals surface area contributed by atoms with Gasteiger partial charge in [-0.15, -0.1) is 0 Å². The number of rotatable bonds is 4. The Bertz CT molecular complexity index is 1040. The molecule has 0 atom stereocenters. The Morgan fingerprint density at radius 2 is 1.82 bits per heavy atom. The van der Waals surface area contributed by atoms with Crippen molar-refractivity contribution >= 4 is 21.6 Å². The van der Waals surface area contributed by atoms with E-state index in [0.717, 1.165) is 30.7 Å². The summed E-state index contributed by atoms with van der Waals surface area (Å²) < 4.78 is 53.0. The molecule has 8 heteroatoms. The van der Waals surface area contributed by atoms with E-state index in [1.54, 1.807) is 29.2 Å². The van der Waals surface area contributed by atoms with Gasteiger partial charge in [0.15, 0.2) is 0 Å². The van der Waals surface area contributed by atoms with Crippen LogP contribution in [0.1, 0.15) is 24.8 Å². The van der Waals surface area contributed by atoms with Gasteiger partial charge in [0.1, 0.15) is 16.5 Å². The lowest BCUT2D eigenvalue weighted by molar-refractivity contribution is -0.119. The van der Waals surface area contributed by atoms with Gasteiger partial charge in [-0.1, -0.05) is 11.8 Å². The number of piperidine rings is 1. The molecule has 3 rings (SSSR count). The third kappa shape index (κ3) is 4.74. The minimum absolute atomic E-state index is 0.101. The van der Waals surface area contributed by atoms with Crippen LogP contribution in [0, 0.1) is 23.5 Å². The summed E-state index contributed by atoms with van der Waals surface area (Å²) in [6, 6.07) is 9.28. The maximum Gasteiger partial charge on any atom is 0.244 e. The topological polar surface area (TPSA) is 66.5 Å². The van der Waals surface area contributed by atoms with Crippen molar-refractivity contribution in [3.05, 3.63) is 59.7 Å². The summed E-state index contributed by atoms with van der Waals surface area (Å²) in [4.78, 5) is 12.9. The van der Waals surface area contributed by atoms with Gasteiger partial charge in [-0.25, -0.2) is 17.2 Å². The van der Waals surface area contributed by atoms with Crippen LogP contribution in [-0.4, -0.2) is 27.4 Å². The van der Waals surface area contributed by atoms with E-state index in [-0.39, 0.29) is 12.5 Å². The molecule has 0 bridgehead atoms. The Balaban J connectivity index is 1.63. The molecule has 1 fully saturated rings. The summed E-state index contributed by atoms with van der Waals surface area (Å²) in [5.41, 5.74) is 1.45. The van der Waals surface area contributed by atoms with Crippen molar-refractivity contribution in [1.29, 1.82) is 0 Å². The predicted octanol–water partition coefficient (Wildman–Crippen LogP) is 2.81. The second kappa shape index (κ2) is 8.50. The normalized spacial score (nSPS) is 14.5. The van der Waals surface area contributed by atoms with Crippen LogP contribution in [0.2, 0.25) is 0 Å². The molecule has 0 radical (unpaired) electrons. The fourth-order valence-corrected chi connectivity index (χ4v) is 3.85. The van der Waals surface area contributed by atoms with Gasteiger partial charge in [-0.3, -0.25) is 4.79 Å². The van der Waals surface area contributed by atoms with E-state index in [1.165, 1.54) is 0 Å². The highest BCUT2D eigenvalue weighted by molar-refractivity contribution is 7.89. The summed E-state index contributed by atoms with van der Waals surface area (Å²) in [6.45, 7) is 0.437. The standard InChI is InChI=1S/C20H18F2N2O3S/c21-16-8-11-18(22)19(14-16)28(26,27)23-12-3-4-15-6-9-17(10-7-15)24-13-2-1-5-20(24)25/h6-11,14,23H,1-2,5,12-13H2. The first-order valence-electron chi connectivity index (χ1n) is 8.71. The van der Waals surface area contributed by atoms with Gasteiger partial charge in [0.2, 0.25) is 15.9 Å².